The van der Waals surface area contributed by atoms with E-state index in [0.717, 1.165) is 0 Å². The number of fused-ring (bicyclic) bond motifs is 7. The molecule has 2 atom stereocenters. The second-order valence-corrected chi connectivity index (χ2v) is 8.31. The highest BCUT2D eigenvalue weighted by molar-refractivity contribution is 5.92. The molecule has 2 unspecified atom stereocenters. The standard InChI is InChI=1S/C23H23NO/c1-22(2,3)23-13-12-19(25-23)17-11-10-16-14-18(15-8-6-5-7-9-15)24(4)21(16)20(17)23/h5-14,19H,1-4H3. The van der Waals surface area contributed by atoms with E-state index in [2.05, 4.69) is 93.1 Å². The third-order valence-corrected chi connectivity index (χ3v) is 5.91. The number of aromatic nitrogens is 1. The van der Waals surface area contributed by atoms with Crippen LogP contribution in [0.2, 0.25) is 0 Å². The lowest BCUT2D eigenvalue weighted by Crippen LogP contribution is -2.37. The largest absolute Gasteiger partial charge is 0.353 e. The second kappa shape index (κ2) is 4.64. The van der Waals surface area contributed by atoms with Crippen molar-refractivity contribution >= 4 is 10.9 Å². The van der Waals surface area contributed by atoms with Gasteiger partial charge < -0.3 is 9.30 Å². The van der Waals surface area contributed by atoms with Crippen LogP contribution in [0, 0.1) is 5.41 Å². The van der Waals surface area contributed by atoms with Gasteiger partial charge in [-0.2, -0.15) is 0 Å². The summed E-state index contributed by atoms with van der Waals surface area (Å²) in [5.41, 5.74) is 6.14. The summed E-state index contributed by atoms with van der Waals surface area (Å²) in [5.74, 6) is 0. The zero-order valence-corrected chi connectivity index (χ0v) is 15.2. The van der Waals surface area contributed by atoms with Gasteiger partial charge in [-0.25, -0.2) is 0 Å². The average molecular weight is 329 g/mol. The van der Waals surface area contributed by atoms with Crippen molar-refractivity contribution in [1.82, 2.24) is 4.57 Å². The molecule has 1 aromatic heterocycles. The molecule has 3 aromatic rings. The fraction of sp³-hybridized carbons (Fsp3) is 0.304. The topological polar surface area (TPSA) is 14.2 Å². The molecule has 2 aliphatic heterocycles. The Bertz CT molecular complexity index is 1020. The Balaban J connectivity index is 1.85. The molecule has 0 fully saturated rings. The quantitative estimate of drug-likeness (QED) is 0.520. The smallest absolute Gasteiger partial charge is 0.120 e. The Morgan fingerprint density at radius 2 is 1.80 bits per heavy atom. The zero-order valence-electron chi connectivity index (χ0n) is 15.2. The molecule has 2 aliphatic rings. The van der Waals surface area contributed by atoms with E-state index in [0.29, 0.717) is 0 Å². The summed E-state index contributed by atoms with van der Waals surface area (Å²) in [6.07, 6.45) is 4.60. The minimum absolute atomic E-state index is 0.00500. The van der Waals surface area contributed by atoms with Crippen LogP contribution in [-0.2, 0) is 17.4 Å². The molecule has 5 rings (SSSR count). The van der Waals surface area contributed by atoms with Crippen molar-refractivity contribution < 1.29 is 4.74 Å². The van der Waals surface area contributed by atoms with Crippen molar-refractivity contribution in [2.45, 2.75) is 32.5 Å². The zero-order chi connectivity index (χ0) is 17.4. The Kier molecular flexibility index (Phi) is 2.78. The van der Waals surface area contributed by atoms with Crippen molar-refractivity contribution in [1.29, 1.82) is 0 Å². The fourth-order valence-electron chi connectivity index (χ4n) is 4.59. The van der Waals surface area contributed by atoms with Gasteiger partial charge in [0.15, 0.2) is 0 Å². The molecule has 2 bridgehead atoms. The van der Waals surface area contributed by atoms with Crippen LogP contribution in [0.1, 0.15) is 38.0 Å². The van der Waals surface area contributed by atoms with Crippen LogP contribution in [0.3, 0.4) is 0 Å². The van der Waals surface area contributed by atoms with Crippen LogP contribution in [0.4, 0.5) is 0 Å². The highest BCUT2D eigenvalue weighted by Gasteiger charge is 2.55. The predicted octanol–water partition coefficient (Wildman–Crippen LogP) is 5.73. The summed E-state index contributed by atoms with van der Waals surface area (Å²) in [6, 6.07) is 17.4. The molecule has 2 heteroatoms. The maximum atomic E-state index is 6.55. The Labute approximate surface area is 148 Å². The molecule has 126 valence electrons. The first kappa shape index (κ1) is 15.0. The molecule has 0 radical (unpaired) electrons. The third-order valence-electron chi connectivity index (χ3n) is 5.91. The van der Waals surface area contributed by atoms with Crippen molar-refractivity contribution in [2.75, 3.05) is 0 Å². The van der Waals surface area contributed by atoms with Crippen LogP contribution >= 0.6 is 0 Å². The van der Waals surface area contributed by atoms with E-state index in [4.69, 9.17) is 4.74 Å². The molecule has 2 nitrogen and oxygen atoms in total. The van der Waals surface area contributed by atoms with Gasteiger partial charge in [-0.3, -0.25) is 0 Å². The summed E-state index contributed by atoms with van der Waals surface area (Å²) in [4.78, 5) is 0. The Hall–Kier alpha value is -2.32. The van der Waals surface area contributed by atoms with E-state index >= 15 is 0 Å². The van der Waals surface area contributed by atoms with Crippen LogP contribution in [0.15, 0.2) is 60.7 Å². The number of aryl methyl sites for hydroxylation is 1. The Morgan fingerprint density at radius 3 is 2.52 bits per heavy atom. The van der Waals surface area contributed by atoms with E-state index in [1.165, 1.54) is 33.3 Å². The first-order valence-corrected chi connectivity index (χ1v) is 8.98. The average Bonchev–Trinajstić information content (AvgIpc) is 3.26. The lowest BCUT2D eigenvalue weighted by atomic mass is 9.70. The molecule has 0 N–H and O–H groups in total. The molecule has 2 aromatic carbocycles. The van der Waals surface area contributed by atoms with Crippen LogP contribution in [0.25, 0.3) is 22.2 Å². The van der Waals surface area contributed by atoms with Crippen molar-refractivity contribution in [3.63, 3.8) is 0 Å². The minimum Gasteiger partial charge on any atom is -0.353 e. The normalized spacial score (nSPS) is 24.2. The number of hydrogen-bond donors (Lipinski definition) is 0. The van der Waals surface area contributed by atoms with Gasteiger partial charge in [0.05, 0.1) is 5.52 Å². The van der Waals surface area contributed by atoms with Gasteiger partial charge in [0.1, 0.15) is 11.7 Å². The van der Waals surface area contributed by atoms with E-state index in [1.54, 1.807) is 0 Å². The lowest BCUT2D eigenvalue weighted by Gasteiger charge is -2.38. The molecule has 0 spiro atoms. The SMILES string of the molecule is Cn1c(-c2ccccc2)cc2ccc3c(c21)C1(C(C)(C)C)C=CC3O1. The fourth-order valence-corrected chi connectivity index (χ4v) is 4.59. The number of benzene rings is 2. The van der Waals surface area contributed by atoms with Crippen LogP contribution < -0.4 is 0 Å². The first-order chi connectivity index (χ1) is 11.9. The summed E-state index contributed by atoms with van der Waals surface area (Å²) >= 11 is 0. The summed E-state index contributed by atoms with van der Waals surface area (Å²) < 4.78 is 8.89. The molecular weight excluding hydrogens is 306 g/mol. The van der Waals surface area contributed by atoms with Crippen molar-refractivity contribution in [3.8, 4) is 11.3 Å². The summed E-state index contributed by atoms with van der Waals surface area (Å²) in [7, 11) is 2.18. The van der Waals surface area contributed by atoms with Gasteiger partial charge in [0.2, 0.25) is 0 Å². The van der Waals surface area contributed by atoms with Gasteiger partial charge in [-0.15, -0.1) is 0 Å². The van der Waals surface area contributed by atoms with Gasteiger partial charge in [-0.1, -0.05) is 69.3 Å². The number of ether oxygens (including phenoxy) is 1. The number of rotatable bonds is 1. The van der Waals surface area contributed by atoms with E-state index in [1.807, 2.05) is 0 Å². The number of hydrogen-bond acceptors (Lipinski definition) is 1. The molecule has 3 heterocycles. The molecular formula is C23H23NO. The number of nitrogens with zero attached hydrogens (tertiary/aromatic N) is 1. The summed E-state index contributed by atoms with van der Waals surface area (Å²) in [5, 5.41) is 1.29. The van der Waals surface area contributed by atoms with E-state index in [9.17, 15) is 0 Å². The van der Waals surface area contributed by atoms with Crippen LogP contribution in [-0.4, -0.2) is 4.57 Å². The minimum atomic E-state index is -0.341. The second-order valence-electron chi connectivity index (χ2n) is 8.31. The highest BCUT2D eigenvalue weighted by atomic mass is 16.5. The van der Waals surface area contributed by atoms with Crippen molar-refractivity contribution in [2.24, 2.45) is 12.5 Å². The van der Waals surface area contributed by atoms with E-state index < -0.39 is 0 Å². The maximum Gasteiger partial charge on any atom is 0.120 e. The first-order valence-electron chi connectivity index (χ1n) is 8.98. The van der Waals surface area contributed by atoms with Gasteiger partial charge in [0, 0.05) is 23.7 Å². The molecule has 0 amide bonds. The van der Waals surface area contributed by atoms with Crippen LogP contribution in [0.5, 0.6) is 0 Å². The third kappa shape index (κ3) is 1.78. The summed E-state index contributed by atoms with van der Waals surface area (Å²) in [6.45, 7) is 6.82. The lowest BCUT2D eigenvalue weighted by molar-refractivity contribution is -0.0747. The van der Waals surface area contributed by atoms with Gasteiger partial charge >= 0.3 is 0 Å². The van der Waals surface area contributed by atoms with Gasteiger partial charge in [-0.05, 0) is 28.7 Å². The van der Waals surface area contributed by atoms with E-state index in [-0.39, 0.29) is 17.1 Å². The highest BCUT2D eigenvalue weighted by Crippen LogP contribution is 2.60. The molecule has 0 saturated carbocycles. The molecule has 25 heavy (non-hydrogen) atoms. The maximum absolute atomic E-state index is 6.55. The molecule has 0 saturated heterocycles. The van der Waals surface area contributed by atoms with Crippen molar-refractivity contribution in [3.05, 3.63) is 71.8 Å². The monoisotopic (exact) mass is 329 g/mol. The molecule has 0 aliphatic carbocycles. The predicted molar refractivity (Wildman–Crippen MR) is 102 cm³/mol. The van der Waals surface area contributed by atoms with Gasteiger partial charge in [0.25, 0.3) is 0 Å². The Morgan fingerprint density at radius 1 is 1.04 bits per heavy atom.